The maximum Gasteiger partial charge on any atom is 0.416 e. The first-order valence-electron chi connectivity index (χ1n) is 12.9. The van der Waals surface area contributed by atoms with Crippen LogP contribution in [0.25, 0.3) is 0 Å². The van der Waals surface area contributed by atoms with Gasteiger partial charge in [0.15, 0.2) is 0 Å². The van der Waals surface area contributed by atoms with E-state index in [1.807, 2.05) is 30.3 Å². The van der Waals surface area contributed by atoms with Gasteiger partial charge in [0, 0.05) is 44.4 Å². The number of carbonyl (C=O) groups is 2. The number of hydrogen-bond acceptors (Lipinski definition) is 3. The second-order valence-electron chi connectivity index (χ2n) is 10.3. The zero-order valence-electron chi connectivity index (χ0n) is 21.5. The summed E-state index contributed by atoms with van der Waals surface area (Å²) in [5, 5.41) is 3.24. The van der Waals surface area contributed by atoms with E-state index in [4.69, 9.17) is 0 Å². The normalized spacial score (nSPS) is 21.1. The average molecular weight is 556 g/mol. The van der Waals surface area contributed by atoms with Crippen LogP contribution in [0, 0.1) is 11.8 Å². The monoisotopic (exact) mass is 555 g/mol. The molecule has 2 atom stereocenters. The lowest BCUT2D eigenvalue weighted by Crippen LogP contribution is -2.50. The third kappa shape index (κ3) is 6.93. The van der Waals surface area contributed by atoms with Gasteiger partial charge in [-0.3, -0.25) is 9.59 Å². The Balaban J connectivity index is 1.55. The molecule has 4 rings (SSSR count). The van der Waals surface area contributed by atoms with Gasteiger partial charge in [0.1, 0.15) is 0 Å². The molecule has 2 aliphatic heterocycles. The SMILES string of the molecule is CN(Cc1cc(C(F)(F)F)cc(C(F)(F)F)c1)C(=O)C1CCN(C(=O)C2CCNCC2)CC1c1ccccc1. The van der Waals surface area contributed by atoms with Gasteiger partial charge in [-0.25, -0.2) is 0 Å². The van der Waals surface area contributed by atoms with Crippen LogP contribution in [0.3, 0.4) is 0 Å². The first-order chi connectivity index (χ1) is 18.3. The third-order valence-electron chi connectivity index (χ3n) is 7.60. The Morgan fingerprint density at radius 3 is 2.08 bits per heavy atom. The summed E-state index contributed by atoms with van der Waals surface area (Å²) in [6.45, 7) is 1.80. The lowest BCUT2D eigenvalue weighted by atomic mass is 9.79. The molecule has 0 radical (unpaired) electrons. The number of rotatable bonds is 5. The van der Waals surface area contributed by atoms with Gasteiger partial charge in [0.2, 0.25) is 11.8 Å². The van der Waals surface area contributed by atoms with Crippen LogP contribution >= 0.6 is 0 Å². The number of hydrogen-bond donors (Lipinski definition) is 1. The molecule has 2 aromatic carbocycles. The summed E-state index contributed by atoms with van der Waals surface area (Å²) < 4.78 is 79.9. The summed E-state index contributed by atoms with van der Waals surface area (Å²) in [6, 6.07) is 10.6. The maximum atomic E-state index is 13.6. The van der Waals surface area contributed by atoms with Crippen LogP contribution in [0.15, 0.2) is 48.5 Å². The maximum absolute atomic E-state index is 13.6. The second kappa shape index (κ2) is 11.6. The lowest BCUT2D eigenvalue weighted by Gasteiger charge is -2.41. The molecule has 1 N–H and O–H groups in total. The molecule has 2 saturated heterocycles. The van der Waals surface area contributed by atoms with Crippen molar-refractivity contribution >= 4 is 11.8 Å². The highest BCUT2D eigenvalue weighted by atomic mass is 19.4. The standard InChI is InChI=1S/C28H31F6N3O2/c1-36(16-18-13-21(27(29,30)31)15-22(14-18)28(32,33)34)26(39)23-9-12-37(25(38)20-7-10-35-11-8-20)17-24(23)19-5-3-2-4-6-19/h2-6,13-15,20,23-24,35H,7-12,16-17H2,1H3. The van der Waals surface area contributed by atoms with Crippen molar-refractivity contribution in [1.82, 2.24) is 15.1 Å². The first kappa shape index (κ1) is 28.9. The number of amides is 2. The van der Waals surface area contributed by atoms with Crippen LogP contribution in [0.2, 0.25) is 0 Å². The average Bonchev–Trinajstić information content (AvgIpc) is 2.91. The predicted octanol–water partition coefficient (Wildman–Crippen LogP) is 5.31. The van der Waals surface area contributed by atoms with E-state index in [0.717, 1.165) is 31.5 Å². The molecule has 0 bridgehead atoms. The van der Waals surface area contributed by atoms with E-state index in [-0.39, 0.29) is 35.3 Å². The van der Waals surface area contributed by atoms with Gasteiger partial charge in [0.05, 0.1) is 11.1 Å². The first-order valence-corrected chi connectivity index (χ1v) is 12.9. The number of carbonyl (C=O) groups excluding carboxylic acids is 2. The van der Waals surface area contributed by atoms with Crippen molar-refractivity contribution in [2.45, 2.75) is 44.1 Å². The topological polar surface area (TPSA) is 52.7 Å². The van der Waals surface area contributed by atoms with Crippen LogP contribution in [0.1, 0.15) is 47.4 Å². The smallest absolute Gasteiger partial charge is 0.342 e. The molecule has 2 amide bonds. The molecule has 2 unspecified atom stereocenters. The molecular weight excluding hydrogens is 524 g/mol. The zero-order valence-corrected chi connectivity index (χ0v) is 21.5. The molecule has 39 heavy (non-hydrogen) atoms. The van der Waals surface area contributed by atoms with Crippen molar-refractivity contribution < 1.29 is 35.9 Å². The summed E-state index contributed by atoms with van der Waals surface area (Å²) in [5.41, 5.74) is -2.24. The zero-order chi connectivity index (χ0) is 28.4. The van der Waals surface area contributed by atoms with Crippen LogP contribution in [-0.2, 0) is 28.5 Å². The van der Waals surface area contributed by atoms with E-state index in [0.29, 0.717) is 31.6 Å². The van der Waals surface area contributed by atoms with E-state index in [1.54, 1.807) is 4.90 Å². The molecular formula is C28H31F6N3O2. The van der Waals surface area contributed by atoms with Gasteiger partial charge < -0.3 is 15.1 Å². The summed E-state index contributed by atoms with van der Waals surface area (Å²) in [7, 11) is 1.38. The molecule has 212 valence electrons. The van der Waals surface area contributed by atoms with E-state index >= 15 is 0 Å². The number of benzene rings is 2. The van der Waals surface area contributed by atoms with Crippen molar-refractivity contribution in [1.29, 1.82) is 0 Å². The van der Waals surface area contributed by atoms with Crippen LogP contribution < -0.4 is 5.32 Å². The Kier molecular flexibility index (Phi) is 8.58. The number of alkyl halides is 6. The van der Waals surface area contributed by atoms with Gasteiger partial charge in [-0.15, -0.1) is 0 Å². The molecule has 11 heteroatoms. The largest absolute Gasteiger partial charge is 0.416 e. The molecule has 2 heterocycles. The molecule has 0 aromatic heterocycles. The highest BCUT2D eigenvalue weighted by molar-refractivity contribution is 5.82. The van der Waals surface area contributed by atoms with Crippen molar-refractivity contribution in [2.24, 2.45) is 11.8 Å². The number of piperidine rings is 2. The van der Waals surface area contributed by atoms with Crippen molar-refractivity contribution in [2.75, 3.05) is 33.2 Å². The van der Waals surface area contributed by atoms with E-state index in [1.165, 1.54) is 11.9 Å². The Labute approximate surface area is 223 Å². The molecule has 0 spiro atoms. The minimum atomic E-state index is -4.97. The van der Waals surface area contributed by atoms with Gasteiger partial charge in [-0.2, -0.15) is 26.3 Å². The second-order valence-corrected chi connectivity index (χ2v) is 10.3. The summed E-state index contributed by atoms with van der Waals surface area (Å²) in [6.07, 6.45) is -8.11. The predicted molar refractivity (Wildman–Crippen MR) is 132 cm³/mol. The van der Waals surface area contributed by atoms with Crippen molar-refractivity contribution in [3.8, 4) is 0 Å². The van der Waals surface area contributed by atoms with E-state index < -0.39 is 35.9 Å². The number of likely N-dealkylation sites (tertiary alicyclic amines) is 1. The molecule has 0 saturated carbocycles. The minimum Gasteiger partial charge on any atom is -0.342 e. The van der Waals surface area contributed by atoms with Crippen molar-refractivity contribution in [3.63, 3.8) is 0 Å². The third-order valence-corrected chi connectivity index (χ3v) is 7.60. The summed E-state index contributed by atoms with van der Waals surface area (Å²) in [4.78, 5) is 29.8. The van der Waals surface area contributed by atoms with Gasteiger partial charge in [-0.1, -0.05) is 30.3 Å². The summed E-state index contributed by atoms with van der Waals surface area (Å²) >= 11 is 0. The fraction of sp³-hybridized carbons (Fsp3) is 0.500. The van der Waals surface area contributed by atoms with E-state index in [2.05, 4.69) is 5.32 Å². The van der Waals surface area contributed by atoms with Crippen LogP contribution in [-0.4, -0.2) is 54.8 Å². The molecule has 5 nitrogen and oxygen atoms in total. The molecule has 2 fully saturated rings. The van der Waals surface area contributed by atoms with Crippen LogP contribution in [0.5, 0.6) is 0 Å². The van der Waals surface area contributed by atoms with Gasteiger partial charge in [-0.05, 0) is 61.7 Å². The lowest BCUT2D eigenvalue weighted by molar-refractivity contribution is -0.144. The fourth-order valence-electron chi connectivity index (χ4n) is 5.56. The number of nitrogens with zero attached hydrogens (tertiary/aromatic N) is 2. The molecule has 0 aliphatic carbocycles. The number of halogens is 6. The highest BCUT2D eigenvalue weighted by Gasteiger charge is 2.40. The van der Waals surface area contributed by atoms with Gasteiger partial charge in [0.25, 0.3) is 0 Å². The number of nitrogens with one attached hydrogen (secondary N) is 1. The Morgan fingerprint density at radius 1 is 0.923 bits per heavy atom. The van der Waals surface area contributed by atoms with Crippen LogP contribution in [0.4, 0.5) is 26.3 Å². The molecule has 2 aromatic rings. The van der Waals surface area contributed by atoms with Crippen molar-refractivity contribution in [3.05, 3.63) is 70.8 Å². The molecule has 2 aliphatic rings. The Bertz CT molecular complexity index is 1130. The summed E-state index contributed by atoms with van der Waals surface area (Å²) in [5.74, 6) is -1.35. The quantitative estimate of drug-likeness (QED) is 0.509. The van der Waals surface area contributed by atoms with E-state index in [9.17, 15) is 35.9 Å². The Hall–Kier alpha value is -3.08. The minimum absolute atomic E-state index is 0.0559. The van der Waals surface area contributed by atoms with Gasteiger partial charge >= 0.3 is 12.4 Å². The fourth-order valence-corrected chi connectivity index (χ4v) is 5.56. The highest BCUT2D eigenvalue weighted by Crippen LogP contribution is 2.38. The Morgan fingerprint density at radius 2 is 1.51 bits per heavy atom.